The Morgan fingerprint density at radius 1 is 1.00 bits per heavy atom. The van der Waals surface area contributed by atoms with Gasteiger partial charge < -0.3 is 4.42 Å². The fraction of sp³-hybridized carbons (Fsp3) is 0.304. The van der Waals surface area contributed by atoms with Gasteiger partial charge in [-0.2, -0.15) is 0 Å². The lowest BCUT2D eigenvalue weighted by atomic mass is 9.82. The molecule has 0 N–H and O–H groups in total. The number of furan rings is 1. The highest BCUT2D eigenvalue weighted by Gasteiger charge is 2.34. The molecule has 2 bridgehead atoms. The second-order valence-electron chi connectivity index (χ2n) is 7.38. The van der Waals surface area contributed by atoms with Gasteiger partial charge in [0.25, 0.3) is 0 Å². The van der Waals surface area contributed by atoms with Gasteiger partial charge in [0.2, 0.25) is 0 Å². The minimum atomic E-state index is 0.572. The monoisotopic (exact) mass is 329 g/mol. The van der Waals surface area contributed by atoms with Gasteiger partial charge in [0.15, 0.2) is 0 Å². The van der Waals surface area contributed by atoms with Crippen molar-refractivity contribution >= 4 is 16.5 Å². The molecule has 25 heavy (non-hydrogen) atoms. The summed E-state index contributed by atoms with van der Waals surface area (Å²) in [5, 5.41) is 1.20. The van der Waals surface area contributed by atoms with Crippen LogP contribution in [0, 0.1) is 0 Å². The SMILES string of the molecule is C1=C(c2ccc3occc3c2)CC2CCCC1N2Cc1ccccc1. The fourth-order valence-electron chi connectivity index (χ4n) is 4.54. The van der Waals surface area contributed by atoms with E-state index in [1.54, 1.807) is 6.26 Å². The molecule has 3 aromatic rings. The average molecular weight is 329 g/mol. The molecule has 0 aliphatic carbocycles. The zero-order chi connectivity index (χ0) is 16.6. The number of fused-ring (bicyclic) bond motifs is 3. The molecule has 3 heterocycles. The third-order valence-corrected chi connectivity index (χ3v) is 5.81. The Labute approximate surface area is 148 Å². The van der Waals surface area contributed by atoms with Crippen LogP contribution in [0.25, 0.3) is 16.5 Å². The molecule has 2 aliphatic heterocycles. The minimum Gasteiger partial charge on any atom is -0.464 e. The van der Waals surface area contributed by atoms with E-state index < -0.39 is 0 Å². The maximum atomic E-state index is 5.49. The summed E-state index contributed by atoms with van der Waals surface area (Å²) in [6.07, 6.45) is 9.41. The second kappa shape index (κ2) is 6.20. The highest BCUT2D eigenvalue weighted by atomic mass is 16.3. The first-order valence-electron chi connectivity index (χ1n) is 9.35. The summed E-state index contributed by atoms with van der Waals surface area (Å²) in [7, 11) is 0. The molecule has 1 saturated heterocycles. The Hall–Kier alpha value is -2.32. The highest BCUT2D eigenvalue weighted by molar-refractivity contribution is 5.82. The molecule has 1 aromatic heterocycles. The lowest BCUT2D eigenvalue weighted by Gasteiger charge is -2.45. The van der Waals surface area contributed by atoms with E-state index in [0.29, 0.717) is 12.1 Å². The van der Waals surface area contributed by atoms with Crippen molar-refractivity contribution in [1.29, 1.82) is 0 Å². The fourth-order valence-corrected chi connectivity index (χ4v) is 4.54. The van der Waals surface area contributed by atoms with E-state index in [-0.39, 0.29) is 0 Å². The largest absolute Gasteiger partial charge is 0.464 e. The summed E-state index contributed by atoms with van der Waals surface area (Å²) >= 11 is 0. The quantitative estimate of drug-likeness (QED) is 0.618. The lowest BCUT2D eigenvalue weighted by Crippen LogP contribution is -2.47. The molecule has 0 spiro atoms. The average Bonchev–Trinajstić information content (AvgIpc) is 3.10. The van der Waals surface area contributed by atoms with E-state index in [1.165, 1.54) is 41.3 Å². The first kappa shape index (κ1) is 15.0. The Bertz CT molecular complexity index is 908. The number of hydrogen-bond acceptors (Lipinski definition) is 2. The predicted octanol–water partition coefficient (Wildman–Crippen LogP) is 5.64. The third-order valence-electron chi connectivity index (χ3n) is 5.81. The van der Waals surface area contributed by atoms with Crippen LogP contribution in [0.15, 0.2) is 71.4 Å². The van der Waals surface area contributed by atoms with Crippen LogP contribution in [-0.4, -0.2) is 17.0 Å². The zero-order valence-corrected chi connectivity index (χ0v) is 14.4. The van der Waals surface area contributed by atoms with Gasteiger partial charge in [0.05, 0.1) is 6.26 Å². The van der Waals surface area contributed by atoms with E-state index in [0.717, 1.165) is 18.5 Å². The van der Waals surface area contributed by atoms with E-state index in [9.17, 15) is 0 Å². The normalized spacial score (nSPS) is 23.6. The molecule has 2 heteroatoms. The van der Waals surface area contributed by atoms with Gasteiger partial charge in [0.1, 0.15) is 5.58 Å². The molecule has 2 aromatic carbocycles. The molecule has 2 aliphatic rings. The molecule has 2 unspecified atom stereocenters. The van der Waals surface area contributed by atoms with E-state index in [1.807, 2.05) is 0 Å². The van der Waals surface area contributed by atoms with Crippen LogP contribution in [0.5, 0.6) is 0 Å². The van der Waals surface area contributed by atoms with Gasteiger partial charge in [-0.25, -0.2) is 0 Å². The first-order valence-corrected chi connectivity index (χ1v) is 9.35. The van der Waals surface area contributed by atoms with Gasteiger partial charge in [-0.3, -0.25) is 4.90 Å². The summed E-state index contributed by atoms with van der Waals surface area (Å²) in [6.45, 7) is 1.07. The smallest absolute Gasteiger partial charge is 0.133 e. The highest BCUT2D eigenvalue weighted by Crippen LogP contribution is 2.38. The number of hydrogen-bond donors (Lipinski definition) is 0. The number of piperidine rings is 1. The summed E-state index contributed by atoms with van der Waals surface area (Å²) in [5.41, 5.74) is 5.29. The van der Waals surface area contributed by atoms with Crippen molar-refractivity contribution in [3.63, 3.8) is 0 Å². The van der Waals surface area contributed by atoms with Crippen LogP contribution in [0.3, 0.4) is 0 Å². The Balaban J connectivity index is 1.45. The Kier molecular flexibility index (Phi) is 3.71. The van der Waals surface area contributed by atoms with Crippen LogP contribution in [0.2, 0.25) is 0 Å². The maximum absolute atomic E-state index is 5.49. The summed E-state index contributed by atoms with van der Waals surface area (Å²) < 4.78 is 5.49. The molecule has 126 valence electrons. The van der Waals surface area contributed by atoms with Crippen LogP contribution < -0.4 is 0 Å². The summed E-state index contributed by atoms with van der Waals surface area (Å²) in [5.74, 6) is 0. The van der Waals surface area contributed by atoms with Crippen molar-refractivity contribution in [2.24, 2.45) is 0 Å². The maximum Gasteiger partial charge on any atom is 0.133 e. The molecular weight excluding hydrogens is 306 g/mol. The first-order chi connectivity index (χ1) is 12.4. The van der Waals surface area contributed by atoms with E-state index in [4.69, 9.17) is 4.42 Å². The van der Waals surface area contributed by atoms with Crippen LogP contribution in [-0.2, 0) is 6.54 Å². The van der Waals surface area contributed by atoms with E-state index in [2.05, 4.69) is 65.6 Å². The van der Waals surface area contributed by atoms with Gasteiger partial charge >= 0.3 is 0 Å². The van der Waals surface area contributed by atoms with Crippen molar-refractivity contribution < 1.29 is 4.42 Å². The molecule has 2 atom stereocenters. The van der Waals surface area contributed by atoms with Crippen molar-refractivity contribution in [2.75, 3.05) is 0 Å². The molecule has 0 amide bonds. The topological polar surface area (TPSA) is 16.4 Å². The Morgan fingerprint density at radius 2 is 1.92 bits per heavy atom. The van der Waals surface area contributed by atoms with Crippen molar-refractivity contribution in [3.05, 3.63) is 78.1 Å². The molecule has 0 saturated carbocycles. The standard InChI is InChI=1S/C23H23NO/c1-2-5-17(6-3-1)16-24-21-7-4-8-22(24)15-20(14-21)18-9-10-23-19(13-18)11-12-25-23/h1-3,5-6,9-14,21-22H,4,7-8,15-16H2. The molecule has 5 rings (SSSR count). The number of rotatable bonds is 3. The third kappa shape index (κ3) is 2.81. The predicted molar refractivity (Wildman–Crippen MR) is 102 cm³/mol. The van der Waals surface area contributed by atoms with Crippen LogP contribution in [0.1, 0.15) is 36.8 Å². The molecule has 2 nitrogen and oxygen atoms in total. The minimum absolute atomic E-state index is 0.572. The van der Waals surface area contributed by atoms with Crippen molar-refractivity contribution in [1.82, 2.24) is 4.90 Å². The molecular formula is C23H23NO. The van der Waals surface area contributed by atoms with Gasteiger partial charge in [-0.05, 0) is 54.2 Å². The van der Waals surface area contributed by atoms with Crippen molar-refractivity contribution in [2.45, 2.75) is 44.3 Å². The van der Waals surface area contributed by atoms with Gasteiger partial charge in [-0.1, -0.05) is 48.9 Å². The zero-order valence-electron chi connectivity index (χ0n) is 14.4. The number of nitrogens with zero attached hydrogens (tertiary/aromatic N) is 1. The summed E-state index contributed by atoms with van der Waals surface area (Å²) in [6, 6.07) is 20.8. The second-order valence-corrected chi connectivity index (χ2v) is 7.38. The number of benzene rings is 2. The van der Waals surface area contributed by atoms with Crippen LogP contribution >= 0.6 is 0 Å². The molecule has 0 radical (unpaired) electrons. The van der Waals surface area contributed by atoms with Gasteiger partial charge in [-0.15, -0.1) is 0 Å². The summed E-state index contributed by atoms with van der Waals surface area (Å²) in [4.78, 5) is 2.72. The van der Waals surface area contributed by atoms with Gasteiger partial charge in [0, 0.05) is 24.0 Å². The van der Waals surface area contributed by atoms with Crippen LogP contribution in [0.4, 0.5) is 0 Å². The lowest BCUT2D eigenvalue weighted by molar-refractivity contribution is 0.0951. The molecule has 1 fully saturated rings. The Morgan fingerprint density at radius 3 is 2.80 bits per heavy atom. The van der Waals surface area contributed by atoms with Crippen molar-refractivity contribution in [3.8, 4) is 0 Å². The van der Waals surface area contributed by atoms with E-state index >= 15 is 0 Å².